The quantitative estimate of drug-likeness (QED) is 0.0272. The second-order valence-corrected chi connectivity index (χ2v) is 23.4. The number of allylic oxidation sites excluding steroid dienone is 14. The van der Waals surface area contributed by atoms with Crippen molar-refractivity contribution in [2.45, 2.75) is 283 Å². The first-order valence-corrected chi connectivity index (χ1v) is 32.4. The first-order valence-electron chi connectivity index (χ1n) is 30.9. The third-order valence-electron chi connectivity index (χ3n) is 13.6. The van der Waals surface area contributed by atoms with Crippen molar-refractivity contribution in [1.29, 1.82) is 0 Å². The van der Waals surface area contributed by atoms with Gasteiger partial charge >= 0.3 is 0 Å². The van der Waals surface area contributed by atoms with Gasteiger partial charge in [0.1, 0.15) is 13.2 Å². The number of aliphatic hydroxyl groups is 1. The van der Waals surface area contributed by atoms with Gasteiger partial charge < -0.3 is 28.8 Å². The number of rotatable bonds is 56. The zero-order valence-corrected chi connectivity index (χ0v) is 49.9. The van der Waals surface area contributed by atoms with E-state index >= 15 is 0 Å². The number of phosphoric ester groups is 1. The number of amides is 1. The van der Waals surface area contributed by atoms with Crippen LogP contribution in [0, 0.1) is 0 Å². The van der Waals surface area contributed by atoms with Gasteiger partial charge in [0.05, 0.1) is 39.9 Å². The number of unbranched alkanes of at least 4 members (excludes halogenated alkanes) is 29. The van der Waals surface area contributed by atoms with Crippen molar-refractivity contribution in [3.05, 3.63) is 85.1 Å². The van der Waals surface area contributed by atoms with E-state index < -0.39 is 20.0 Å². The van der Waals surface area contributed by atoms with E-state index in [0.29, 0.717) is 23.9 Å². The van der Waals surface area contributed by atoms with Crippen molar-refractivity contribution < 1.29 is 32.9 Å². The lowest BCUT2D eigenvalue weighted by molar-refractivity contribution is -0.870. The number of nitrogens with one attached hydrogen (secondary N) is 1. The van der Waals surface area contributed by atoms with Crippen LogP contribution in [-0.4, -0.2) is 68.5 Å². The summed E-state index contributed by atoms with van der Waals surface area (Å²) in [5, 5.41) is 14.0. The van der Waals surface area contributed by atoms with Gasteiger partial charge in [-0.3, -0.25) is 9.36 Å². The van der Waals surface area contributed by atoms with Gasteiger partial charge in [0, 0.05) is 6.42 Å². The molecule has 0 aliphatic rings. The second kappa shape index (κ2) is 55.4. The summed E-state index contributed by atoms with van der Waals surface area (Å²) >= 11 is 0. The summed E-state index contributed by atoms with van der Waals surface area (Å²) in [6.07, 6.45) is 77.9. The number of nitrogens with zero attached hydrogens (tertiary/aromatic N) is 1. The number of phosphoric acid groups is 1. The van der Waals surface area contributed by atoms with Crippen molar-refractivity contribution in [3.63, 3.8) is 0 Å². The monoisotopic (exact) mass is 1050 g/mol. The maximum absolute atomic E-state index is 13.0. The molecule has 0 fully saturated rings. The Hall–Kier alpha value is -2.32. The lowest BCUT2D eigenvalue weighted by Crippen LogP contribution is -2.46. The molecule has 0 aromatic carbocycles. The van der Waals surface area contributed by atoms with E-state index in [2.05, 4.69) is 104 Å². The lowest BCUT2D eigenvalue weighted by atomic mass is 10.0. The molecular formula is C65H119N2O6P. The minimum absolute atomic E-state index is 0.0115. The summed E-state index contributed by atoms with van der Waals surface area (Å²) in [6, 6.07) is -0.801. The van der Waals surface area contributed by atoms with Gasteiger partial charge in [0.15, 0.2) is 0 Å². The smallest absolute Gasteiger partial charge is 0.268 e. The number of likely N-dealkylation sites (N-methyl/N-ethyl adjacent to an activating group) is 1. The molecule has 0 aromatic heterocycles. The third kappa shape index (κ3) is 57.4. The lowest BCUT2D eigenvalue weighted by Gasteiger charge is -2.30. The highest BCUT2D eigenvalue weighted by Crippen LogP contribution is 2.38. The van der Waals surface area contributed by atoms with E-state index in [1.54, 1.807) is 0 Å². The Bertz CT molecular complexity index is 1480. The number of hydrogen-bond donors (Lipinski definition) is 2. The van der Waals surface area contributed by atoms with E-state index in [1.165, 1.54) is 161 Å². The standard InChI is InChI=1S/C65H119N2O6P/c1-6-8-10-12-14-16-18-19-20-21-22-23-24-25-26-27-28-29-30-31-32-33-34-35-36-37-38-39-40-41-42-43-44-45-46-47-49-51-53-55-57-59-65(69)66-63(62-73-74(70,71)72-61-60-67(3,4)5)64(68)58-56-54-52-50-48-17-15-13-11-9-7-2/h8,10,14,16,19-20,22-23,25-26,28-29,31-32,63-64,68H,6-7,9,11-13,15,17-18,21,24,27,30,33-62H2,1-5H3,(H-,66,69,70,71)/b10-8-,16-14-,20-19-,23-22-,26-25-,29-28-,32-31-. The van der Waals surface area contributed by atoms with Crippen LogP contribution in [0.1, 0.15) is 271 Å². The van der Waals surface area contributed by atoms with Crippen LogP contribution in [0.3, 0.4) is 0 Å². The van der Waals surface area contributed by atoms with Crippen molar-refractivity contribution >= 4 is 13.7 Å². The summed E-state index contributed by atoms with van der Waals surface area (Å²) < 4.78 is 23.4. The third-order valence-corrected chi connectivity index (χ3v) is 14.6. The zero-order valence-electron chi connectivity index (χ0n) is 49.0. The molecule has 0 rings (SSSR count). The molecule has 9 heteroatoms. The number of carbonyl (C=O) groups excluding carboxylic acids is 1. The Balaban J connectivity index is 3.88. The molecule has 0 bridgehead atoms. The van der Waals surface area contributed by atoms with Crippen molar-refractivity contribution in [2.75, 3.05) is 40.9 Å². The average Bonchev–Trinajstić information content (AvgIpc) is 3.36. The van der Waals surface area contributed by atoms with E-state index in [9.17, 15) is 19.4 Å². The highest BCUT2D eigenvalue weighted by Gasteiger charge is 2.24. The van der Waals surface area contributed by atoms with Gasteiger partial charge in [-0.1, -0.05) is 279 Å². The van der Waals surface area contributed by atoms with E-state index in [-0.39, 0.29) is 19.1 Å². The highest BCUT2D eigenvalue weighted by molar-refractivity contribution is 7.45. The van der Waals surface area contributed by atoms with Gasteiger partial charge in [-0.2, -0.15) is 0 Å². The van der Waals surface area contributed by atoms with Crippen molar-refractivity contribution in [3.8, 4) is 0 Å². The number of quaternary nitrogens is 1. The van der Waals surface area contributed by atoms with Gasteiger partial charge in [0.2, 0.25) is 5.91 Å². The molecule has 0 aromatic rings. The molecule has 3 atom stereocenters. The van der Waals surface area contributed by atoms with Crippen molar-refractivity contribution in [1.82, 2.24) is 5.32 Å². The number of hydrogen-bond acceptors (Lipinski definition) is 6. The van der Waals surface area contributed by atoms with Crippen LogP contribution in [-0.2, 0) is 18.4 Å². The maximum Gasteiger partial charge on any atom is 0.268 e. The first kappa shape index (κ1) is 71.7. The highest BCUT2D eigenvalue weighted by atomic mass is 31.2. The minimum Gasteiger partial charge on any atom is -0.756 e. The molecule has 0 heterocycles. The molecule has 1 amide bonds. The van der Waals surface area contributed by atoms with E-state index in [4.69, 9.17) is 9.05 Å². The fourth-order valence-corrected chi connectivity index (χ4v) is 9.57. The van der Waals surface area contributed by atoms with Crippen LogP contribution in [0.4, 0.5) is 0 Å². The molecule has 0 saturated heterocycles. The van der Waals surface area contributed by atoms with Crippen LogP contribution in [0.25, 0.3) is 0 Å². The molecule has 0 radical (unpaired) electrons. The maximum atomic E-state index is 13.0. The van der Waals surface area contributed by atoms with Crippen LogP contribution in [0.15, 0.2) is 85.1 Å². The molecule has 2 N–H and O–H groups in total. The molecular weight excluding hydrogens is 936 g/mol. The Morgan fingerprint density at radius 2 is 0.824 bits per heavy atom. The van der Waals surface area contributed by atoms with Gasteiger partial charge in [-0.15, -0.1) is 0 Å². The minimum atomic E-state index is -4.57. The van der Waals surface area contributed by atoms with Gasteiger partial charge in [-0.25, -0.2) is 0 Å². The van der Waals surface area contributed by atoms with Crippen LogP contribution < -0.4 is 10.2 Å². The molecule has 430 valence electrons. The second-order valence-electron chi connectivity index (χ2n) is 22.0. The largest absolute Gasteiger partial charge is 0.756 e. The fourth-order valence-electron chi connectivity index (χ4n) is 8.85. The molecule has 74 heavy (non-hydrogen) atoms. The summed E-state index contributed by atoms with van der Waals surface area (Å²) in [6.45, 7) is 4.60. The fraction of sp³-hybridized carbons (Fsp3) is 0.769. The molecule has 0 spiro atoms. The average molecular weight is 1060 g/mol. The van der Waals surface area contributed by atoms with Gasteiger partial charge in [-0.05, 0) is 70.6 Å². The van der Waals surface area contributed by atoms with Crippen LogP contribution in [0.2, 0.25) is 0 Å². The summed E-state index contributed by atoms with van der Waals surface area (Å²) in [4.78, 5) is 25.5. The van der Waals surface area contributed by atoms with Crippen molar-refractivity contribution in [2.24, 2.45) is 0 Å². The van der Waals surface area contributed by atoms with E-state index in [1.807, 2.05) is 21.1 Å². The van der Waals surface area contributed by atoms with Crippen LogP contribution >= 0.6 is 7.82 Å². The van der Waals surface area contributed by atoms with Gasteiger partial charge in [0.25, 0.3) is 7.82 Å². The first-order chi connectivity index (χ1) is 36.0. The molecule has 0 aliphatic carbocycles. The number of aliphatic hydroxyl groups excluding tert-OH is 1. The Kier molecular flexibility index (Phi) is 53.7. The molecule has 3 unspecified atom stereocenters. The zero-order chi connectivity index (χ0) is 54.2. The summed E-state index contributed by atoms with van der Waals surface area (Å²) in [7, 11) is 1.31. The molecule has 8 nitrogen and oxygen atoms in total. The topological polar surface area (TPSA) is 108 Å². The Morgan fingerprint density at radius 3 is 1.20 bits per heavy atom. The summed E-state index contributed by atoms with van der Waals surface area (Å²) in [5.41, 5.74) is 0. The predicted octanol–water partition coefficient (Wildman–Crippen LogP) is 18.6. The Labute approximate surface area is 458 Å². The molecule has 0 saturated carbocycles. The normalized spacial score (nSPS) is 14.4. The van der Waals surface area contributed by atoms with Crippen LogP contribution in [0.5, 0.6) is 0 Å². The summed E-state index contributed by atoms with van der Waals surface area (Å²) in [5.74, 6) is -0.165. The SMILES string of the molecule is CC/C=C\C/C=C\C/C=C\C/C=C\C/C=C\C/C=C\C/C=C\CCCCCCCCCCCCCCCCCCCCCC(=O)NC(COP(=O)([O-])OCC[N+](C)(C)C)C(O)CCCCCCCCCCCCC. The predicted molar refractivity (Wildman–Crippen MR) is 320 cm³/mol. The number of carbonyl (C=O) groups is 1. The van der Waals surface area contributed by atoms with E-state index in [0.717, 1.165) is 83.5 Å². The molecule has 0 aliphatic heterocycles. The Morgan fingerprint density at radius 1 is 0.486 bits per heavy atom.